The number of rotatable bonds is 8. The van der Waals surface area contributed by atoms with E-state index in [0.717, 1.165) is 17.7 Å². The van der Waals surface area contributed by atoms with Gasteiger partial charge in [0.05, 0.1) is 5.92 Å². The van der Waals surface area contributed by atoms with Crippen LogP contribution >= 0.6 is 0 Å². The molecule has 0 bridgehead atoms. The van der Waals surface area contributed by atoms with E-state index in [4.69, 9.17) is 9.47 Å². The minimum atomic E-state index is -0.598. The number of nitrogens with one attached hydrogen (secondary N) is 1. The van der Waals surface area contributed by atoms with Gasteiger partial charge in [-0.25, -0.2) is 0 Å². The molecule has 1 saturated heterocycles. The van der Waals surface area contributed by atoms with Gasteiger partial charge in [0, 0.05) is 24.3 Å². The van der Waals surface area contributed by atoms with Crippen molar-refractivity contribution in [1.29, 1.82) is 0 Å². The molecule has 3 aromatic carbocycles. The largest absolute Gasteiger partial charge is 0.457 e. The van der Waals surface area contributed by atoms with Crippen LogP contribution in [0, 0.1) is 5.92 Å². The molecule has 7 heteroatoms. The van der Waals surface area contributed by atoms with Crippen molar-refractivity contribution in [3.63, 3.8) is 0 Å². The second-order valence-electron chi connectivity index (χ2n) is 7.98. The Bertz CT molecular complexity index is 1160. The molecule has 0 aliphatic carbocycles. The highest BCUT2D eigenvalue weighted by Gasteiger charge is 2.37. The highest BCUT2D eigenvalue weighted by Crippen LogP contribution is 2.29. The van der Waals surface area contributed by atoms with Crippen LogP contribution in [0.25, 0.3) is 0 Å². The molecule has 0 aromatic heterocycles. The Morgan fingerprint density at radius 2 is 1.62 bits per heavy atom. The maximum atomic E-state index is 12.5. The molecule has 1 aliphatic heterocycles. The molecule has 1 fully saturated rings. The molecule has 2 amide bonds. The van der Waals surface area contributed by atoms with Crippen LogP contribution < -0.4 is 15.0 Å². The zero-order chi connectivity index (χ0) is 23.9. The molecule has 1 heterocycles. The van der Waals surface area contributed by atoms with Crippen LogP contribution in [-0.2, 0) is 25.5 Å². The number of para-hydroxylation sites is 2. The van der Waals surface area contributed by atoms with E-state index >= 15 is 0 Å². The first-order valence-electron chi connectivity index (χ1n) is 11.2. The quantitative estimate of drug-likeness (QED) is 0.500. The van der Waals surface area contributed by atoms with E-state index in [0.29, 0.717) is 17.2 Å². The smallest absolute Gasteiger partial charge is 0.311 e. The Kier molecular flexibility index (Phi) is 7.22. The van der Waals surface area contributed by atoms with E-state index in [2.05, 4.69) is 5.32 Å². The normalized spacial score (nSPS) is 15.1. The number of carbonyl (C=O) groups is 3. The third-order valence-corrected chi connectivity index (χ3v) is 5.58. The number of carbonyl (C=O) groups excluding carboxylic acids is 3. The lowest BCUT2D eigenvalue weighted by atomic mass is 10.1. The number of hydrogen-bond acceptors (Lipinski definition) is 5. The lowest BCUT2D eigenvalue weighted by Gasteiger charge is -2.19. The highest BCUT2D eigenvalue weighted by molar-refractivity contribution is 6.00. The molecule has 1 atom stereocenters. The molecule has 174 valence electrons. The number of amides is 2. The molecular formula is C27H26N2O5. The lowest BCUT2D eigenvalue weighted by molar-refractivity contribution is -0.151. The van der Waals surface area contributed by atoms with Gasteiger partial charge < -0.3 is 19.7 Å². The maximum absolute atomic E-state index is 12.5. The van der Waals surface area contributed by atoms with Crippen LogP contribution in [0.5, 0.6) is 11.5 Å². The fourth-order valence-electron chi connectivity index (χ4n) is 3.85. The van der Waals surface area contributed by atoms with Crippen molar-refractivity contribution in [3.05, 3.63) is 84.4 Å². The molecular weight excluding hydrogens is 432 g/mol. The predicted molar refractivity (Wildman–Crippen MR) is 129 cm³/mol. The van der Waals surface area contributed by atoms with Gasteiger partial charge in [-0.3, -0.25) is 14.4 Å². The van der Waals surface area contributed by atoms with Gasteiger partial charge in [-0.15, -0.1) is 0 Å². The third-order valence-electron chi connectivity index (χ3n) is 5.58. The van der Waals surface area contributed by atoms with Gasteiger partial charge in [0.1, 0.15) is 11.5 Å². The average Bonchev–Trinajstić information content (AvgIpc) is 3.26. The van der Waals surface area contributed by atoms with Crippen molar-refractivity contribution < 1.29 is 23.9 Å². The summed E-state index contributed by atoms with van der Waals surface area (Å²) in [6.45, 7) is 1.85. The molecule has 1 aliphatic rings. The Morgan fingerprint density at radius 1 is 0.941 bits per heavy atom. The molecule has 34 heavy (non-hydrogen) atoms. The molecule has 0 saturated carbocycles. The zero-order valence-electron chi connectivity index (χ0n) is 18.9. The first kappa shape index (κ1) is 23.0. The molecule has 3 aromatic rings. The molecule has 0 unspecified atom stereocenters. The second kappa shape index (κ2) is 10.7. The van der Waals surface area contributed by atoms with Crippen LogP contribution in [0.15, 0.2) is 78.9 Å². The van der Waals surface area contributed by atoms with E-state index in [1.54, 1.807) is 29.2 Å². The van der Waals surface area contributed by atoms with Crippen molar-refractivity contribution in [2.75, 3.05) is 23.4 Å². The summed E-state index contributed by atoms with van der Waals surface area (Å²) in [5.74, 6) is -0.372. The summed E-state index contributed by atoms with van der Waals surface area (Å²) in [5, 5.41) is 2.69. The van der Waals surface area contributed by atoms with Crippen molar-refractivity contribution >= 4 is 29.2 Å². The number of anilines is 2. The van der Waals surface area contributed by atoms with Crippen molar-refractivity contribution in [2.24, 2.45) is 5.92 Å². The van der Waals surface area contributed by atoms with Gasteiger partial charge in [-0.05, 0) is 54.4 Å². The fraction of sp³-hybridized carbons (Fsp3) is 0.222. The van der Waals surface area contributed by atoms with Crippen molar-refractivity contribution in [3.8, 4) is 11.5 Å². The van der Waals surface area contributed by atoms with Crippen molar-refractivity contribution in [2.45, 2.75) is 19.8 Å². The van der Waals surface area contributed by atoms with Crippen LogP contribution in [-0.4, -0.2) is 30.9 Å². The first-order chi connectivity index (χ1) is 16.5. The van der Waals surface area contributed by atoms with Crippen molar-refractivity contribution in [1.82, 2.24) is 0 Å². The standard InChI is InChI=1S/C27H26N2O5/c1-2-19-8-6-7-11-24(19)29-17-20(16-26(29)31)27(32)33-18-25(30)28-21-12-14-23(15-13-21)34-22-9-4-3-5-10-22/h3-15,20H,2,16-18H2,1H3,(H,28,30)/t20-/m1/s1. The van der Waals surface area contributed by atoms with E-state index in [1.165, 1.54) is 0 Å². The van der Waals surface area contributed by atoms with E-state index in [1.807, 2.05) is 61.5 Å². The zero-order valence-corrected chi connectivity index (χ0v) is 18.9. The number of ether oxygens (including phenoxy) is 2. The summed E-state index contributed by atoms with van der Waals surface area (Å²) in [6, 6.07) is 23.9. The predicted octanol–water partition coefficient (Wildman–Crippen LogP) is 4.58. The van der Waals surface area contributed by atoms with Gasteiger partial charge in [0.15, 0.2) is 6.61 Å². The van der Waals surface area contributed by atoms with Crippen LogP contribution in [0.1, 0.15) is 18.9 Å². The molecule has 4 rings (SSSR count). The summed E-state index contributed by atoms with van der Waals surface area (Å²) in [6.07, 6.45) is 0.857. The van der Waals surface area contributed by atoms with E-state index in [-0.39, 0.29) is 18.9 Å². The lowest BCUT2D eigenvalue weighted by Crippen LogP contribution is -2.28. The van der Waals surface area contributed by atoms with Crippen LogP contribution in [0.2, 0.25) is 0 Å². The molecule has 1 N–H and O–H groups in total. The van der Waals surface area contributed by atoms with Gasteiger partial charge >= 0.3 is 5.97 Å². The molecule has 7 nitrogen and oxygen atoms in total. The van der Waals surface area contributed by atoms with E-state index < -0.39 is 24.4 Å². The SMILES string of the molecule is CCc1ccccc1N1C[C@H](C(=O)OCC(=O)Nc2ccc(Oc3ccccc3)cc2)CC1=O. The Morgan fingerprint density at radius 3 is 2.35 bits per heavy atom. The van der Waals surface area contributed by atoms with Gasteiger partial charge in [0.25, 0.3) is 5.91 Å². The van der Waals surface area contributed by atoms with Crippen LogP contribution in [0.3, 0.4) is 0 Å². The second-order valence-corrected chi connectivity index (χ2v) is 7.98. The Balaban J connectivity index is 1.26. The summed E-state index contributed by atoms with van der Waals surface area (Å²) in [5.41, 5.74) is 2.42. The van der Waals surface area contributed by atoms with Gasteiger partial charge in [-0.2, -0.15) is 0 Å². The number of esters is 1. The third kappa shape index (κ3) is 5.61. The highest BCUT2D eigenvalue weighted by atomic mass is 16.5. The number of benzene rings is 3. The van der Waals surface area contributed by atoms with Gasteiger partial charge in [0.2, 0.25) is 5.91 Å². The number of nitrogens with zero attached hydrogens (tertiary/aromatic N) is 1. The number of aryl methyl sites for hydroxylation is 1. The topological polar surface area (TPSA) is 84.9 Å². The maximum Gasteiger partial charge on any atom is 0.311 e. The average molecular weight is 459 g/mol. The summed E-state index contributed by atoms with van der Waals surface area (Å²) in [4.78, 5) is 38.9. The summed E-state index contributed by atoms with van der Waals surface area (Å²) >= 11 is 0. The Hall–Kier alpha value is -4.13. The molecule has 0 radical (unpaired) electrons. The van der Waals surface area contributed by atoms with Crippen LogP contribution in [0.4, 0.5) is 11.4 Å². The fourth-order valence-corrected chi connectivity index (χ4v) is 3.85. The molecule has 0 spiro atoms. The Labute approximate surface area is 198 Å². The number of hydrogen-bond donors (Lipinski definition) is 1. The minimum absolute atomic E-state index is 0.0708. The monoisotopic (exact) mass is 458 g/mol. The summed E-state index contributed by atoms with van der Waals surface area (Å²) < 4.78 is 10.9. The summed E-state index contributed by atoms with van der Waals surface area (Å²) in [7, 11) is 0. The van der Waals surface area contributed by atoms with E-state index in [9.17, 15) is 14.4 Å². The minimum Gasteiger partial charge on any atom is -0.457 e. The first-order valence-corrected chi connectivity index (χ1v) is 11.2. The van der Waals surface area contributed by atoms with Gasteiger partial charge in [-0.1, -0.05) is 43.3 Å².